The van der Waals surface area contributed by atoms with Gasteiger partial charge in [0.05, 0.1) is 12.8 Å². The van der Waals surface area contributed by atoms with E-state index < -0.39 is 0 Å². The van der Waals surface area contributed by atoms with E-state index >= 15 is 0 Å². The molecule has 110 valence electrons. The predicted octanol–water partition coefficient (Wildman–Crippen LogP) is 2.07. The standard InChI is InChI=1S/C15H12N4O3/c1-20-12-7-14-13(21-9-22-14)6-10(12)11-2-3-15(18-17-11)19-5-4-16-8-19/h2-8H,9H2,1H3. The molecule has 0 aliphatic carbocycles. The van der Waals surface area contributed by atoms with Crippen LogP contribution in [0, 0.1) is 0 Å². The molecule has 7 heteroatoms. The summed E-state index contributed by atoms with van der Waals surface area (Å²) in [6, 6.07) is 7.39. The summed E-state index contributed by atoms with van der Waals surface area (Å²) in [5.41, 5.74) is 1.50. The largest absolute Gasteiger partial charge is 0.496 e. The van der Waals surface area contributed by atoms with Gasteiger partial charge in [-0.05, 0) is 18.2 Å². The van der Waals surface area contributed by atoms with E-state index in [1.54, 1.807) is 30.3 Å². The number of hydrogen-bond donors (Lipinski definition) is 0. The van der Waals surface area contributed by atoms with Crippen molar-refractivity contribution in [3.8, 4) is 34.3 Å². The first-order chi connectivity index (χ1) is 10.8. The van der Waals surface area contributed by atoms with Crippen LogP contribution in [0.5, 0.6) is 17.2 Å². The van der Waals surface area contributed by atoms with Crippen LogP contribution in [-0.2, 0) is 0 Å². The monoisotopic (exact) mass is 296 g/mol. The first-order valence-corrected chi connectivity index (χ1v) is 6.65. The predicted molar refractivity (Wildman–Crippen MR) is 77.3 cm³/mol. The molecular weight excluding hydrogens is 284 g/mol. The van der Waals surface area contributed by atoms with Gasteiger partial charge in [0, 0.05) is 24.0 Å². The Morgan fingerprint density at radius 2 is 2.00 bits per heavy atom. The van der Waals surface area contributed by atoms with E-state index in [4.69, 9.17) is 14.2 Å². The van der Waals surface area contributed by atoms with Crippen molar-refractivity contribution in [2.24, 2.45) is 0 Å². The second-order valence-corrected chi connectivity index (χ2v) is 4.65. The van der Waals surface area contributed by atoms with Crippen molar-refractivity contribution in [1.29, 1.82) is 0 Å². The van der Waals surface area contributed by atoms with Crippen molar-refractivity contribution in [3.63, 3.8) is 0 Å². The molecule has 3 aromatic rings. The van der Waals surface area contributed by atoms with Gasteiger partial charge in [-0.3, -0.25) is 4.57 Å². The SMILES string of the molecule is COc1cc2c(cc1-c1ccc(-n3ccnc3)nn1)OCO2. The lowest BCUT2D eigenvalue weighted by atomic mass is 10.1. The quantitative estimate of drug-likeness (QED) is 0.737. The Morgan fingerprint density at radius 1 is 1.14 bits per heavy atom. The molecule has 1 aliphatic rings. The molecule has 0 unspecified atom stereocenters. The number of methoxy groups -OCH3 is 1. The van der Waals surface area contributed by atoms with E-state index in [0.29, 0.717) is 28.8 Å². The number of aromatic nitrogens is 4. The molecule has 0 radical (unpaired) electrons. The number of fused-ring (bicyclic) bond motifs is 1. The van der Waals surface area contributed by atoms with Gasteiger partial charge in [0.25, 0.3) is 0 Å². The summed E-state index contributed by atoms with van der Waals surface area (Å²) in [5.74, 6) is 2.70. The van der Waals surface area contributed by atoms with E-state index in [9.17, 15) is 0 Å². The number of hydrogen-bond acceptors (Lipinski definition) is 6. The highest BCUT2D eigenvalue weighted by Gasteiger charge is 2.19. The number of ether oxygens (including phenoxy) is 3. The molecule has 22 heavy (non-hydrogen) atoms. The minimum atomic E-state index is 0.215. The number of benzene rings is 1. The first kappa shape index (κ1) is 12.6. The lowest BCUT2D eigenvalue weighted by molar-refractivity contribution is 0.174. The third kappa shape index (κ3) is 2.03. The summed E-state index contributed by atoms with van der Waals surface area (Å²) in [4.78, 5) is 3.99. The van der Waals surface area contributed by atoms with Crippen molar-refractivity contribution >= 4 is 0 Å². The molecule has 0 amide bonds. The number of nitrogens with zero attached hydrogens (tertiary/aromatic N) is 4. The summed E-state index contributed by atoms with van der Waals surface area (Å²) in [7, 11) is 1.61. The van der Waals surface area contributed by atoms with Crippen molar-refractivity contribution in [3.05, 3.63) is 43.0 Å². The van der Waals surface area contributed by atoms with Gasteiger partial charge in [-0.25, -0.2) is 4.98 Å². The molecule has 1 aromatic carbocycles. The van der Waals surface area contributed by atoms with Gasteiger partial charge in [-0.15, -0.1) is 10.2 Å². The van der Waals surface area contributed by atoms with Crippen LogP contribution in [0.1, 0.15) is 0 Å². The van der Waals surface area contributed by atoms with E-state index in [1.165, 1.54) is 0 Å². The summed E-state index contributed by atoms with van der Waals surface area (Å²) in [6.07, 6.45) is 5.17. The van der Waals surface area contributed by atoms with Gasteiger partial charge in [-0.2, -0.15) is 0 Å². The summed E-state index contributed by atoms with van der Waals surface area (Å²) in [5, 5.41) is 8.48. The molecule has 1 aliphatic heterocycles. The fourth-order valence-electron chi connectivity index (χ4n) is 2.29. The van der Waals surface area contributed by atoms with Crippen molar-refractivity contribution in [2.45, 2.75) is 0 Å². The van der Waals surface area contributed by atoms with Gasteiger partial charge in [0.15, 0.2) is 17.3 Å². The highest BCUT2D eigenvalue weighted by molar-refractivity contribution is 5.72. The molecule has 2 aromatic heterocycles. The normalized spacial score (nSPS) is 12.4. The zero-order chi connectivity index (χ0) is 14.9. The third-order valence-electron chi connectivity index (χ3n) is 3.39. The molecule has 0 saturated heterocycles. The molecule has 3 heterocycles. The fourth-order valence-corrected chi connectivity index (χ4v) is 2.29. The van der Waals surface area contributed by atoms with Gasteiger partial charge < -0.3 is 14.2 Å². The maximum absolute atomic E-state index is 5.41. The summed E-state index contributed by atoms with van der Waals surface area (Å²) in [6.45, 7) is 0.215. The van der Waals surface area contributed by atoms with Crippen molar-refractivity contribution < 1.29 is 14.2 Å². The Balaban J connectivity index is 1.75. The van der Waals surface area contributed by atoms with Crippen LogP contribution in [0.2, 0.25) is 0 Å². The Labute approximate surface area is 126 Å². The minimum absolute atomic E-state index is 0.215. The second-order valence-electron chi connectivity index (χ2n) is 4.65. The summed E-state index contributed by atoms with van der Waals surface area (Å²) < 4.78 is 18.0. The summed E-state index contributed by atoms with van der Waals surface area (Å²) >= 11 is 0. The minimum Gasteiger partial charge on any atom is -0.496 e. The molecule has 0 atom stereocenters. The zero-order valence-corrected chi connectivity index (χ0v) is 11.8. The van der Waals surface area contributed by atoms with E-state index in [0.717, 1.165) is 5.56 Å². The Morgan fingerprint density at radius 3 is 2.68 bits per heavy atom. The lowest BCUT2D eigenvalue weighted by Crippen LogP contribution is -1.98. The van der Waals surface area contributed by atoms with Crippen LogP contribution in [0.25, 0.3) is 17.1 Å². The third-order valence-corrected chi connectivity index (χ3v) is 3.39. The van der Waals surface area contributed by atoms with E-state index in [1.807, 2.05) is 24.4 Å². The Bertz CT molecular complexity index is 800. The molecule has 0 N–H and O–H groups in total. The fraction of sp³-hybridized carbons (Fsp3) is 0.133. The van der Waals surface area contributed by atoms with Gasteiger partial charge in [-0.1, -0.05) is 0 Å². The molecule has 7 nitrogen and oxygen atoms in total. The van der Waals surface area contributed by atoms with Gasteiger partial charge in [0.1, 0.15) is 12.1 Å². The molecular formula is C15H12N4O3. The van der Waals surface area contributed by atoms with Crippen LogP contribution in [0.15, 0.2) is 43.0 Å². The van der Waals surface area contributed by atoms with Crippen LogP contribution in [0.4, 0.5) is 0 Å². The molecule has 0 fully saturated rings. The highest BCUT2D eigenvalue weighted by atomic mass is 16.7. The number of rotatable bonds is 3. The smallest absolute Gasteiger partial charge is 0.231 e. The maximum Gasteiger partial charge on any atom is 0.231 e. The van der Waals surface area contributed by atoms with Crippen molar-refractivity contribution in [2.75, 3.05) is 13.9 Å². The second kappa shape index (κ2) is 5.03. The Hall–Kier alpha value is -3.09. The van der Waals surface area contributed by atoms with Crippen LogP contribution in [-0.4, -0.2) is 33.7 Å². The average Bonchev–Trinajstić information content (AvgIpc) is 3.25. The average molecular weight is 296 g/mol. The molecule has 4 rings (SSSR count). The van der Waals surface area contributed by atoms with E-state index in [-0.39, 0.29) is 6.79 Å². The lowest BCUT2D eigenvalue weighted by Gasteiger charge is -2.09. The highest BCUT2D eigenvalue weighted by Crippen LogP contribution is 2.41. The Kier molecular flexibility index (Phi) is 2.89. The molecule has 0 saturated carbocycles. The first-order valence-electron chi connectivity index (χ1n) is 6.65. The number of imidazole rings is 1. The van der Waals surface area contributed by atoms with Crippen LogP contribution < -0.4 is 14.2 Å². The van der Waals surface area contributed by atoms with Crippen LogP contribution >= 0.6 is 0 Å². The molecule has 0 bridgehead atoms. The maximum atomic E-state index is 5.41. The van der Waals surface area contributed by atoms with E-state index in [2.05, 4.69) is 15.2 Å². The van der Waals surface area contributed by atoms with Gasteiger partial charge in [0.2, 0.25) is 6.79 Å². The topological polar surface area (TPSA) is 71.3 Å². The molecule has 0 spiro atoms. The zero-order valence-electron chi connectivity index (χ0n) is 11.8. The van der Waals surface area contributed by atoms with Crippen molar-refractivity contribution in [1.82, 2.24) is 19.7 Å². The van der Waals surface area contributed by atoms with Gasteiger partial charge >= 0.3 is 0 Å². The van der Waals surface area contributed by atoms with Crippen LogP contribution in [0.3, 0.4) is 0 Å².